The van der Waals surface area contributed by atoms with E-state index in [1.165, 1.54) is 0 Å². The first-order valence-electron chi connectivity index (χ1n) is 12.9. The predicted octanol–water partition coefficient (Wildman–Crippen LogP) is 4.96. The number of nitrogens with zero attached hydrogens (tertiary/aromatic N) is 4. The molecule has 11 heteroatoms. The zero-order valence-corrected chi connectivity index (χ0v) is 25.2. The number of aromatic nitrogens is 2. The third-order valence-electron chi connectivity index (χ3n) is 6.12. The van der Waals surface area contributed by atoms with E-state index in [0.717, 1.165) is 23.2 Å². The molecule has 3 aromatic rings. The van der Waals surface area contributed by atoms with Crippen molar-refractivity contribution in [1.29, 1.82) is 5.26 Å². The van der Waals surface area contributed by atoms with Crippen LogP contribution in [0.5, 0.6) is 0 Å². The number of thiocarbonyl (C=S) groups is 1. The predicted molar refractivity (Wildman–Crippen MR) is 162 cm³/mol. The molecule has 0 aliphatic carbocycles. The number of hydrogen-bond donors (Lipinski definition) is 2. The fraction of sp³-hybridized carbons (Fsp3) is 0.379. The molecule has 2 aromatic carbocycles. The Balaban J connectivity index is 1.67. The lowest BCUT2D eigenvalue weighted by Crippen LogP contribution is -2.54. The molecule has 8 nitrogen and oxygen atoms in total. The summed E-state index contributed by atoms with van der Waals surface area (Å²) >= 11 is 18.5. The van der Waals surface area contributed by atoms with Crippen molar-refractivity contribution in [2.24, 2.45) is 0 Å². The number of ether oxygens (including phenoxy) is 1. The van der Waals surface area contributed by atoms with Gasteiger partial charge in [0.15, 0.2) is 5.11 Å². The minimum absolute atomic E-state index is 0.133. The molecule has 212 valence electrons. The molecule has 0 bridgehead atoms. The van der Waals surface area contributed by atoms with Gasteiger partial charge in [-0.05, 0) is 61.8 Å². The molecular formula is C29H34Cl2N6O2S. The number of benzene rings is 2. The fourth-order valence-corrected chi connectivity index (χ4v) is 4.83. The lowest BCUT2D eigenvalue weighted by molar-refractivity contribution is -0.122. The summed E-state index contributed by atoms with van der Waals surface area (Å²) in [5, 5.41) is 17.0. The van der Waals surface area contributed by atoms with Crippen LogP contribution in [-0.4, -0.2) is 57.8 Å². The molecule has 40 heavy (non-hydrogen) atoms. The van der Waals surface area contributed by atoms with Crippen LogP contribution in [-0.2, 0) is 29.0 Å². The number of nitriles is 1. The van der Waals surface area contributed by atoms with E-state index in [9.17, 15) is 4.79 Å². The van der Waals surface area contributed by atoms with Crippen LogP contribution in [0.1, 0.15) is 42.7 Å². The highest BCUT2D eigenvalue weighted by Gasteiger charge is 2.26. The van der Waals surface area contributed by atoms with Crippen molar-refractivity contribution in [3.05, 3.63) is 87.4 Å². The van der Waals surface area contributed by atoms with Gasteiger partial charge < -0.3 is 24.8 Å². The Morgan fingerprint density at radius 2 is 1.98 bits per heavy atom. The summed E-state index contributed by atoms with van der Waals surface area (Å²) in [4.78, 5) is 19.4. The van der Waals surface area contributed by atoms with Crippen LogP contribution in [0.25, 0.3) is 0 Å². The molecule has 0 aliphatic rings. The maximum Gasteiger partial charge on any atom is 0.226 e. The van der Waals surface area contributed by atoms with Crippen molar-refractivity contribution in [1.82, 2.24) is 25.1 Å². The summed E-state index contributed by atoms with van der Waals surface area (Å²) in [6, 6.07) is 15.0. The molecule has 0 atom stereocenters. The van der Waals surface area contributed by atoms with Crippen molar-refractivity contribution in [2.45, 2.75) is 45.3 Å². The number of hydrogen-bond acceptors (Lipinski definition) is 5. The maximum atomic E-state index is 13.2. The smallest absolute Gasteiger partial charge is 0.226 e. The van der Waals surface area contributed by atoms with Crippen molar-refractivity contribution in [3.63, 3.8) is 0 Å². The number of rotatable bonds is 13. The molecule has 0 spiro atoms. The van der Waals surface area contributed by atoms with Gasteiger partial charge in [-0.3, -0.25) is 4.79 Å². The van der Waals surface area contributed by atoms with Crippen LogP contribution in [0.4, 0.5) is 0 Å². The molecule has 1 heterocycles. The van der Waals surface area contributed by atoms with Crippen molar-refractivity contribution >= 4 is 46.4 Å². The quantitative estimate of drug-likeness (QED) is 0.211. The topological polar surface area (TPSA) is 95.2 Å². The summed E-state index contributed by atoms with van der Waals surface area (Å²) in [5.74, 6) is -0.133. The minimum atomic E-state index is -0.627. The first-order valence-corrected chi connectivity index (χ1v) is 14.0. The third-order valence-corrected chi connectivity index (χ3v) is 7.38. The Morgan fingerprint density at radius 3 is 2.67 bits per heavy atom. The molecule has 0 fully saturated rings. The Hall–Kier alpha value is -3.16. The molecule has 1 aromatic heterocycles. The molecule has 1 amide bonds. The van der Waals surface area contributed by atoms with Gasteiger partial charge in [-0.1, -0.05) is 47.5 Å². The second kappa shape index (κ2) is 15.0. The molecule has 0 aliphatic heterocycles. The molecule has 2 N–H and O–H groups in total. The van der Waals surface area contributed by atoms with Gasteiger partial charge >= 0.3 is 0 Å². The van der Waals surface area contributed by atoms with E-state index in [2.05, 4.69) is 21.7 Å². The van der Waals surface area contributed by atoms with E-state index < -0.39 is 5.54 Å². The SMILES string of the molecule is COCCCNC(=S)N(Cc1cccc(Cl)c1Cl)CC(C)(C)NC(=O)Cc1cncn1Cc1ccc(C#N)cc1. The van der Waals surface area contributed by atoms with E-state index >= 15 is 0 Å². The molecule has 0 saturated carbocycles. The number of nitrogens with one attached hydrogen (secondary N) is 2. The summed E-state index contributed by atoms with van der Waals surface area (Å²) in [6.45, 7) is 6.60. The second-order valence-electron chi connectivity index (χ2n) is 10.1. The second-order valence-corrected chi connectivity index (χ2v) is 11.2. The lowest BCUT2D eigenvalue weighted by Gasteiger charge is -2.35. The first-order chi connectivity index (χ1) is 19.1. The van der Waals surface area contributed by atoms with E-state index in [1.54, 1.807) is 37.8 Å². The van der Waals surface area contributed by atoms with Crippen LogP contribution in [0.2, 0.25) is 10.0 Å². The van der Waals surface area contributed by atoms with E-state index in [1.807, 2.05) is 47.6 Å². The third kappa shape index (κ3) is 9.49. The van der Waals surface area contributed by atoms with E-state index in [-0.39, 0.29) is 12.3 Å². The molecule has 3 rings (SSSR count). The number of imidazole rings is 1. The first kappa shape index (κ1) is 31.4. The Morgan fingerprint density at radius 1 is 1.23 bits per heavy atom. The average molecular weight is 602 g/mol. The fourth-order valence-electron chi connectivity index (χ4n) is 4.22. The Bertz CT molecular complexity index is 1340. The number of halogens is 2. The molecule has 0 unspecified atom stereocenters. The maximum absolute atomic E-state index is 13.2. The van der Waals surface area contributed by atoms with Crippen LogP contribution >= 0.6 is 35.4 Å². The van der Waals surface area contributed by atoms with Gasteiger partial charge in [0.2, 0.25) is 5.91 Å². The van der Waals surface area contributed by atoms with Gasteiger partial charge in [-0.25, -0.2) is 4.98 Å². The number of carbonyl (C=O) groups is 1. The van der Waals surface area contributed by atoms with Crippen molar-refractivity contribution < 1.29 is 9.53 Å². The lowest BCUT2D eigenvalue weighted by atomic mass is 10.0. The van der Waals surface area contributed by atoms with Gasteiger partial charge in [0.1, 0.15) is 0 Å². The van der Waals surface area contributed by atoms with Gasteiger partial charge in [0.25, 0.3) is 0 Å². The number of carbonyl (C=O) groups excluding carboxylic acids is 1. The average Bonchev–Trinajstić information content (AvgIpc) is 3.34. The highest BCUT2D eigenvalue weighted by atomic mass is 35.5. The number of amides is 1. The Kier molecular flexibility index (Phi) is 11.8. The largest absolute Gasteiger partial charge is 0.385 e. The Labute approximate surface area is 251 Å². The van der Waals surface area contributed by atoms with E-state index in [4.69, 9.17) is 45.4 Å². The molecular weight excluding hydrogens is 567 g/mol. The highest BCUT2D eigenvalue weighted by Crippen LogP contribution is 2.27. The van der Waals surface area contributed by atoms with Crippen molar-refractivity contribution in [3.8, 4) is 6.07 Å². The molecule has 0 saturated heterocycles. The van der Waals surface area contributed by atoms with Crippen LogP contribution in [0, 0.1) is 11.3 Å². The summed E-state index contributed by atoms with van der Waals surface area (Å²) in [7, 11) is 1.66. The zero-order chi connectivity index (χ0) is 29.1. The summed E-state index contributed by atoms with van der Waals surface area (Å²) in [6.07, 6.45) is 4.37. The minimum Gasteiger partial charge on any atom is -0.385 e. The summed E-state index contributed by atoms with van der Waals surface area (Å²) < 4.78 is 7.06. The van der Waals surface area contributed by atoms with Gasteiger partial charge in [0.05, 0.1) is 40.0 Å². The van der Waals surface area contributed by atoms with Gasteiger partial charge in [0, 0.05) is 51.8 Å². The van der Waals surface area contributed by atoms with Crippen molar-refractivity contribution in [2.75, 3.05) is 26.8 Å². The normalized spacial score (nSPS) is 11.1. The van der Waals surface area contributed by atoms with Gasteiger partial charge in [-0.15, -0.1) is 0 Å². The summed E-state index contributed by atoms with van der Waals surface area (Å²) in [5.41, 5.74) is 2.62. The number of methoxy groups -OCH3 is 1. The highest BCUT2D eigenvalue weighted by molar-refractivity contribution is 7.80. The zero-order valence-electron chi connectivity index (χ0n) is 22.9. The van der Waals surface area contributed by atoms with E-state index in [0.29, 0.717) is 53.5 Å². The van der Waals surface area contributed by atoms with Crippen LogP contribution < -0.4 is 10.6 Å². The van der Waals surface area contributed by atoms with Gasteiger partial charge in [-0.2, -0.15) is 5.26 Å². The van der Waals surface area contributed by atoms with Crippen LogP contribution in [0.3, 0.4) is 0 Å². The standard InChI is InChI=1S/C29H34Cl2N6O2S/c1-29(2,19-36(28(40)34-12-5-13-39-3)18-23-6-4-7-25(30)27(23)31)35-26(38)14-24-16-33-20-37(24)17-22-10-8-21(15-32)9-11-22/h4,6-11,16,20H,5,12-14,17-19H2,1-3H3,(H,34,40)(H,35,38). The molecule has 0 radical (unpaired) electrons. The monoisotopic (exact) mass is 600 g/mol. The van der Waals surface area contributed by atoms with Crippen LogP contribution in [0.15, 0.2) is 55.0 Å².